The molecule has 1 saturated heterocycles. The molecule has 330 valence electrons. The van der Waals surface area contributed by atoms with Crippen LogP contribution in [-0.4, -0.2) is 73.0 Å². The maximum absolute atomic E-state index is 15.4. The lowest BCUT2D eigenvalue weighted by molar-refractivity contribution is -0.159. The fourth-order valence-electron chi connectivity index (χ4n) is 8.95. The Morgan fingerprint density at radius 2 is 1.87 bits per heavy atom. The van der Waals surface area contributed by atoms with Gasteiger partial charge >= 0.3 is 11.8 Å². The van der Waals surface area contributed by atoms with E-state index in [1.54, 1.807) is 31.2 Å². The van der Waals surface area contributed by atoms with Crippen molar-refractivity contribution < 1.29 is 47.2 Å². The Hall–Kier alpha value is -5.73. The van der Waals surface area contributed by atoms with E-state index in [-0.39, 0.29) is 74.1 Å². The van der Waals surface area contributed by atoms with Crippen LogP contribution in [0.4, 0.5) is 5.69 Å². The highest BCUT2D eigenvalue weighted by Gasteiger charge is 2.51. The number of hydrogen-bond acceptors (Lipinski definition) is 13. The summed E-state index contributed by atoms with van der Waals surface area (Å²) in [5, 5.41) is 6.12. The van der Waals surface area contributed by atoms with Crippen LogP contribution in [0.1, 0.15) is 90.1 Å². The SMILES string of the molecule is C=C(C)C(=O)Nc1c2oc3cc(OC4CCNCC4)ccc3nc-2c2c3c4c(C)c(c2c1=O)OC(C[C@H](C)CC(C)/C=C/C)C(OC(C)=O)[C@H](C)[C@@H](OC)/C=C/O[C@@](C)(O4)C3=O. The predicted octanol–water partition coefficient (Wildman–Crippen LogP) is 8.19. The zero-order chi connectivity index (χ0) is 44.6. The maximum Gasteiger partial charge on any atom is 0.312 e. The number of rotatable bonds is 11. The molecule has 7 rings (SSSR count). The van der Waals surface area contributed by atoms with E-state index in [1.807, 2.05) is 19.9 Å². The molecule has 4 aliphatic heterocycles. The Balaban J connectivity index is 1.54. The molecule has 2 aromatic rings. The van der Waals surface area contributed by atoms with Crippen LogP contribution in [0, 0.1) is 24.7 Å². The molecule has 1 fully saturated rings. The number of carbonyl (C=O) groups is 3. The van der Waals surface area contributed by atoms with Crippen LogP contribution in [0.5, 0.6) is 17.2 Å². The number of Topliss-reactive ketones (excluding diaryl/α,β-unsaturated/α-hetero) is 1. The summed E-state index contributed by atoms with van der Waals surface area (Å²) in [6, 6.07) is 5.25. The fraction of sp³-hybridized carbons (Fsp3) is 0.479. The van der Waals surface area contributed by atoms with E-state index < -0.39 is 53.1 Å². The molecule has 3 bridgehead atoms. The minimum atomic E-state index is -1.89. The zero-order valence-corrected chi connectivity index (χ0v) is 37.0. The highest BCUT2D eigenvalue weighted by atomic mass is 16.7. The number of ketones is 1. The molecule has 2 N–H and O–H groups in total. The number of nitrogens with one attached hydrogen (secondary N) is 2. The van der Waals surface area contributed by atoms with E-state index in [9.17, 15) is 14.4 Å². The van der Waals surface area contributed by atoms with Crippen molar-refractivity contribution in [2.45, 2.75) is 111 Å². The Morgan fingerprint density at radius 3 is 2.55 bits per heavy atom. The van der Waals surface area contributed by atoms with Gasteiger partial charge in [-0.3, -0.25) is 19.2 Å². The van der Waals surface area contributed by atoms with Gasteiger partial charge in [-0.25, -0.2) is 4.98 Å². The lowest BCUT2D eigenvalue weighted by Gasteiger charge is -2.36. The number of esters is 1. The van der Waals surface area contributed by atoms with Crippen LogP contribution >= 0.6 is 0 Å². The maximum atomic E-state index is 15.4. The molecule has 5 aliphatic rings. The van der Waals surface area contributed by atoms with Crippen molar-refractivity contribution in [3.05, 3.63) is 76.2 Å². The number of hydrogen-bond donors (Lipinski definition) is 2. The standard InChI is InChI=1S/C48H57N3O11/c1-11-12-25(4)21-26(5)22-35-42(58-29(8)52)27(6)33(56-10)17-20-57-48(9)46(54)38-36-37(43(61-35)28(7)44(38)62-48)41(53)40(51-47(55)24(2)3)45-39(36)50-32-14-13-31(23-34(32)60-45)59-30-15-18-49-19-16-30/h11-14,17,20,23,25-27,30,33,35,42,49H,2,15-16,18-19,21-22H2,1,3-10H3,(H,51,55)/b12-11+,20-17+/t25?,26-,27-,33+,35?,42?,48+/m1/s1. The fourth-order valence-corrected chi connectivity index (χ4v) is 8.95. The summed E-state index contributed by atoms with van der Waals surface area (Å²) in [7, 11) is 1.52. The van der Waals surface area contributed by atoms with E-state index in [0.717, 1.165) is 32.4 Å². The van der Waals surface area contributed by atoms with Crippen LogP contribution in [-0.2, 0) is 23.8 Å². The van der Waals surface area contributed by atoms with Gasteiger partial charge in [0, 0.05) is 49.5 Å². The number of nitrogens with zero attached hydrogens (tertiary/aromatic N) is 1. The normalized spacial score (nSPS) is 24.4. The molecule has 0 aromatic heterocycles. The van der Waals surface area contributed by atoms with Crippen LogP contribution in [0.25, 0.3) is 33.3 Å². The average molecular weight is 852 g/mol. The lowest BCUT2D eigenvalue weighted by Crippen LogP contribution is -2.45. The molecule has 3 unspecified atom stereocenters. The summed E-state index contributed by atoms with van der Waals surface area (Å²) in [5.74, 6) is -3.26. The van der Waals surface area contributed by atoms with E-state index in [4.69, 9.17) is 37.8 Å². The van der Waals surface area contributed by atoms with E-state index in [1.165, 1.54) is 34.1 Å². The highest BCUT2D eigenvalue weighted by molar-refractivity contribution is 6.22. The number of amides is 1. The number of fused-ring (bicyclic) bond motifs is 8. The smallest absolute Gasteiger partial charge is 0.312 e. The van der Waals surface area contributed by atoms with E-state index in [0.29, 0.717) is 23.3 Å². The number of aromatic nitrogens is 1. The van der Waals surface area contributed by atoms with Gasteiger partial charge < -0.3 is 43.5 Å². The summed E-state index contributed by atoms with van der Waals surface area (Å²) in [6.45, 7) is 19.6. The van der Waals surface area contributed by atoms with Crippen LogP contribution in [0.2, 0.25) is 0 Å². The number of carbonyl (C=O) groups excluding carboxylic acids is 3. The molecule has 7 atom stereocenters. The first kappa shape index (κ1) is 44.3. The number of allylic oxidation sites excluding steroid dienone is 2. The van der Waals surface area contributed by atoms with Gasteiger partial charge in [0.05, 0.1) is 23.3 Å². The topological polar surface area (TPSA) is 174 Å². The van der Waals surface area contributed by atoms with Gasteiger partial charge in [-0.05, 0) is 89.6 Å². The second kappa shape index (κ2) is 17.9. The van der Waals surface area contributed by atoms with Crippen molar-refractivity contribution in [1.29, 1.82) is 0 Å². The van der Waals surface area contributed by atoms with Crippen molar-refractivity contribution in [2.75, 3.05) is 25.5 Å². The van der Waals surface area contributed by atoms with Crippen molar-refractivity contribution in [3.63, 3.8) is 0 Å². The number of anilines is 1. The average Bonchev–Trinajstić information content (AvgIpc) is 3.49. The molecule has 62 heavy (non-hydrogen) atoms. The molecule has 0 radical (unpaired) electrons. The van der Waals surface area contributed by atoms with Gasteiger partial charge in [-0.2, -0.15) is 0 Å². The summed E-state index contributed by atoms with van der Waals surface area (Å²) in [5.41, 5.74) is 0.320. The molecule has 1 aliphatic carbocycles. The van der Waals surface area contributed by atoms with Gasteiger partial charge in [0.25, 0.3) is 11.7 Å². The first-order valence-corrected chi connectivity index (χ1v) is 21.4. The second-order valence-corrected chi connectivity index (χ2v) is 17.1. The molecule has 14 nitrogen and oxygen atoms in total. The zero-order valence-electron chi connectivity index (χ0n) is 37.0. The second-order valence-electron chi connectivity index (χ2n) is 17.1. The molecule has 0 saturated carbocycles. The van der Waals surface area contributed by atoms with Crippen molar-refractivity contribution in [1.82, 2.24) is 10.3 Å². The van der Waals surface area contributed by atoms with Crippen molar-refractivity contribution >= 4 is 45.2 Å². The summed E-state index contributed by atoms with van der Waals surface area (Å²) in [4.78, 5) is 61.7. The third-order valence-corrected chi connectivity index (χ3v) is 12.0. The van der Waals surface area contributed by atoms with Crippen LogP contribution in [0.15, 0.2) is 64.1 Å². The monoisotopic (exact) mass is 851 g/mol. The van der Waals surface area contributed by atoms with Crippen LogP contribution in [0.3, 0.4) is 0 Å². The van der Waals surface area contributed by atoms with Gasteiger partial charge in [-0.1, -0.05) is 39.5 Å². The Labute approximate surface area is 361 Å². The summed E-state index contributed by atoms with van der Waals surface area (Å²) in [6.07, 6.45) is 7.52. The number of methoxy groups -OCH3 is 1. The molecular formula is C48H57N3O11. The van der Waals surface area contributed by atoms with Crippen molar-refractivity contribution in [2.24, 2.45) is 17.8 Å². The number of piperidine rings is 1. The predicted molar refractivity (Wildman–Crippen MR) is 235 cm³/mol. The van der Waals surface area contributed by atoms with Gasteiger partial charge in [0.1, 0.15) is 52.5 Å². The number of ether oxygens (including phenoxy) is 6. The molecular weight excluding hydrogens is 795 g/mol. The Kier molecular flexibility index (Phi) is 12.8. The largest absolute Gasteiger partial charge is 0.490 e. The summed E-state index contributed by atoms with van der Waals surface area (Å²) >= 11 is 0. The molecule has 2 aromatic carbocycles. The van der Waals surface area contributed by atoms with E-state index in [2.05, 4.69) is 37.1 Å². The molecule has 0 spiro atoms. The number of benzene rings is 3. The highest BCUT2D eigenvalue weighted by Crippen LogP contribution is 2.51. The molecule has 14 heteroatoms. The molecule has 1 amide bonds. The lowest BCUT2D eigenvalue weighted by atomic mass is 9.85. The third-order valence-electron chi connectivity index (χ3n) is 12.0. The minimum absolute atomic E-state index is 0.00102. The van der Waals surface area contributed by atoms with Crippen LogP contribution < -0.4 is 30.3 Å². The van der Waals surface area contributed by atoms with E-state index >= 15 is 4.79 Å². The molecule has 4 heterocycles. The third kappa shape index (κ3) is 8.54. The first-order chi connectivity index (χ1) is 29.5. The quantitative estimate of drug-likeness (QED) is 0.0487. The van der Waals surface area contributed by atoms with Gasteiger partial charge in [0.2, 0.25) is 5.43 Å². The van der Waals surface area contributed by atoms with Gasteiger partial charge in [-0.15, -0.1) is 0 Å². The minimum Gasteiger partial charge on any atom is -0.490 e. The first-order valence-electron chi connectivity index (χ1n) is 21.4. The Morgan fingerprint density at radius 1 is 1.13 bits per heavy atom. The van der Waals surface area contributed by atoms with Gasteiger partial charge in [0.15, 0.2) is 11.3 Å². The summed E-state index contributed by atoms with van der Waals surface area (Å²) < 4.78 is 44.7. The Bertz CT molecular complexity index is 2500. The van der Waals surface area contributed by atoms with Crippen molar-refractivity contribution in [3.8, 4) is 28.7 Å².